The van der Waals surface area contributed by atoms with E-state index in [2.05, 4.69) is 27.4 Å². The quantitative estimate of drug-likeness (QED) is 0.783. The first kappa shape index (κ1) is 10.6. The van der Waals surface area contributed by atoms with Crippen molar-refractivity contribution in [3.8, 4) is 6.07 Å². The fraction of sp³-hybridized carbons (Fsp3) is 0.417. The monoisotopic (exact) mass is 214 g/mol. The largest absolute Gasteiger partial charge is 0.354 e. The number of nitrogens with one attached hydrogen (secondary N) is 1. The lowest BCUT2D eigenvalue weighted by Gasteiger charge is -2.17. The molecule has 1 aliphatic rings. The molecule has 1 unspecified atom stereocenters. The van der Waals surface area contributed by atoms with Crippen LogP contribution in [-0.4, -0.2) is 16.5 Å². The van der Waals surface area contributed by atoms with E-state index in [9.17, 15) is 0 Å². The van der Waals surface area contributed by atoms with Gasteiger partial charge in [-0.3, -0.25) is 0 Å². The minimum atomic E-state index is 0.404. The van der Waals surface area contributed by atoms with Crippen LogP contribution in [0.25, 0.3) is 0 Å². The Morgan fingerprint density at radius 2 is 2.44 bits per heavy atom. The average molecular weight is 214 g/mol. The van der Waals surface area contributed by atoms with E-state index in [0.29, 0.717) is 17.6 Å². The topological polar surface area (TPSA) is 61.6 Å². The molecule has 1 aromatic rings. The number of hydrogen-bond donors (Lipinski definition) is 1. The van der Waals surface area contributed by atoms with Crippen LogP contribution in [0.2, 0.25) is 0 Å². The molecule has 4 heteroatoms. The molecule has 1 heterocycles. The summed E-state index contributed by atoms with van der Waals surface area (Å²) in [6.45, 7) is 0.874. The van der Waals surface area contributed by atoms with Crippen molar-refractivity contribution in [1.82, 2.24) is 9.97 Å². The molecule has 82 valence electrons. The summed E-state index contributed by atoms with van der Waals surface area (Å²) in [5.74, 6) is 1.20. The van der Waals surface area contributed by atoms with Crippen LogP contribution in [-0.2, 0) is 0 Å². The fourth-order valence-electron chi connectivity index (χ4n) is 1.78. The number of allylic oxidation sites excluding steroid dienone is 2. The van der Waals surface area contributed by atoms with Gasteiger partial charge in [-0.15, -0.1) is 0 Å². The summed E-state index contributed by atoms with van der Waals surface area (Å²) in [6, 6.07) is 3.61. The van der Waals surface area contributed by atoms with Gasteiger partial charge in [0.1, 0.15) is 11.8 Å². The van der Waals surface area contributed by atoms with Gasteiger partial charge in [-0.05, 0) is 31.2 Å². The van der Waals surface area contributed by atoms with Crippen LogP contribution >= 0.6 is 0 Å². The Labute approximate surface area is 95.0 Å². The first-order chi connectivity index (χ1) is 7.88. The Kier molecular flexibility index (Phi) is 3.50. The van der Waals surface area contributed by atoms with Crippen LogP contribution in [0, 0.1) is 17.2 Å². The summed E-state index contributed by atoms with van der Waals surface area (Å²) in [5.41, 5.74) is 0.404. The highest BCUT2D eigenvalue weighted by molar-refractivity contribution is 5.30. The lowest BCUT2D eigenvalue weighted by molar-refractivity contribution is 0.503. The van der Waals surface area contributed by atoms with Gasteiger partial charge in [0.2, 0.25) is 5.95 Å². The maximum absolute atomic E-state index is 8.70. The minimum Gasteiger partial charge on any atom is -0.354 e. The molecule has 0 spiro atoms. The van der Waals surface area contributed by atoms with E-state index in [4.69, 9.17) is 5.26 Å². The van der Waals surface area contributed by atoms with E-state index < -0.39 is 0 Å². The van der Waals surface area contributed by atoms with E-state index in [-0.39, 0.29) is 0 Å². The SMILES string of the molecule is N#Cc1ccnc(NCC2CC=CCC2)n1. The van der Waals surface area contributed by atoms with Crippen LogP contribution in [0.1, 0.15) is 25.0 Å². The lowest BCUT2D eigenvalue weighted by atomic mass is 9.94. The normalized spacial score (nSPS) is 19.1. The molecule has 16 heavy (non-hydrogen) atoms. The van der Waals surface area contributed by atoms with Crippen molar-refractivity contribution in [3.05, 3.63) is 30.1 Å². The Morgan fingerprint density at radius 1 is 1.50 bits per heavy atom. The van der Waals surface area contributed by atoms with Gasteiger partial charge >= 0.3 is 0 Å². The third-order valence-electron chi connectivity index (χ3n) is 2.70. The van der Waals surface area contributed by atoms with Gasteiger partial charge in [-0.1, -0.05) is 12.2 Å². The highest BCUT2D eigenvalue weighted by Crippen LogP contribution is 2.18. The van der Waals surface area contributed by atoms with Gasteiger partial charge < -0.3 is 5.32 Å². The molecule has 1 N–H and O–H groups in total. The van der Waals surface area contributed by atoms with Crippen molar-refractivity contribution >= 4 is 5.95 Å². The van der Waals surface area contributed by atoms with Gasteiger partial charge in [0.05, 0.1) is 0 Å². The summed E-state index contributed by atoms with van der Waals surface area (Å²) < 4.78 is 0. The van der Waals surface area contributed by atoms with Crippen LogP contribution in [0.15, 0.2) is 24.4 Å². The molecule has 0 aromatic carbocycles. The summed E-state index contributed by atoms with van der Waals surface area (Å²) >= 11 is 0. The zero-order valence-corrected chi connectivity index (χ0v) is 9.06. The van der Waals surface area contributed by atoms with Crippen molar-refractivity contribution < 1.29 is 0 Å². The molecule has 0 saturated heterocycles. The summed E-state index contributed by atoms with van der Waals surface area (Å²) in [7, 11) is 0. The molecular formula is C12H14N4. The zero-order valence-electron chi connectivity index (χ0n) is 9.06. The minimum absolute atomic E-state index is 0.404. The van der Waals surface area contributed by atoms with E-state index in [1.807, 2.05) is 6.07 Å². The van der Waals surface area contributed by atoms with Gasteiger partial charge in [0.25, 0.3) is 0 Å². The molecule has 0 radical (unpaired) electrons. The highest BCUT2D eigenvalue weighted by Gasteiger charge is 2.09. The van der Waals surface area contributed by atoms with Crippen molar-refractivity contribution in [2.75, 3.05) is 11.9 Å². The Morgan fingerprint density at radius 3 is 3.19 bits per heavy atom. The van der Waals surface area contributed by atoms with Crippen molar-refractivity contribution in [1.29, 1.82) is 5.26 Å². The van der Waals surface area contributed by atoms with E-state index in [1.54, 1.807) is 12.3 Å². The van der Waals surface area contributed by atoms with E-state index in [1.165, 1.54) is 6.42 Å². The molecule has 0 fully saturated rings. The molecule has 0 bridgehead atoms. The van der Waals surface area contributed by atoms with Crippen LogP contribution in [0.5, 0.6) is 0 Å². The van der Waals surface area contributed by atoms with E-state index >= 15 is 0 Å². The lowest BCUT2D eigenvalue weighted by Crippen LogP contribution is -2.16. The van der Waals surface area contributed by atoms with Gasteiger partial charge in [0, 0.05) is 12.7 Å². The Hall–Kier alpha value is -1.89. The molecule has 1 aromatic heterocycles. The number of nitriles is 1. The molecule has 0 amide bonds. The maximum atomic E-state index is 8.70. The average Bonchev–Trinajstić information content (AvgIpc) is 2.38. The summed E-state index contributed by atoms with van der Waals surface area (Å²) in [5, 5.41) is 11.9. The second-order valence-corrected chi connectivity index (χ2v) is 3.91. The number of rotatable bonds is 3. The molecule has 0 saturated carbocycles. The smallest absolute Gasteiger partial charge is 0.223 e. The van der Waals surface area contributed by atoms with E-state index in [0.717, 1.165) is 19.4 Å². The molecule has 1 aliphatic carbocycles. The number of anilines is 1. The molecular weight excluding hydrogens is 200 g/mol. The zero-order chi connectivity index (χ0) is 11.2. The van der Waals surface area contributed by atoms with Crippen molar-refractivity contribution in [2.24, 2.45) is 5.92 Å². The van der Waals surface area contributed by atoms with Crippen LogP contribution in [0.3, 0.4) is 0 Å². The Bertz CT molecular complexity index is 419. The third-order valence-corrected chi connectivity index (χ3v) is 2.70. The standard InChI is InChI=1S/C12H14N4/c13-8-11-6-7-14-12(16-11)15-9-10-4-2-1-3-5-10/h1-2,6-7,10H,3-5,9H2,(H,14,15,16). The number of aromatic nitrogens is 2. The van der Waals surface area contributed by atoms with Crippen LogP contribution in [0.4, 0.5) is 5.95 Å². The summed E-state index contributed by atoms with van der Waals surface area (Å²) in [6.07, 6.45) is 9.54. The molecule has 4 nitrogen and oxygen atoms in total. The van der Waals surface area contributed by atoms with Gasteiger partial charge in [-0.25, -0.2) is 9.97 Å². The highest BCUT2D eigenvalue weighted by atomic mass is 15.1. The van der Waals surface area contributed by atoms with Crippen molar-refractivity contribution in [3.63, 3.8) is 0 Å². The first-order valence-electron chi connectivity index (χ1n) is 5.50. The van der Waals surface area contributed by atoms with Gasteiger partial charge in [0.15, 0.2) is 0 Å². The Balaban J connectivity index is 1.89. The maximum Gasteiger partial charge on any atom is 0.223 e. The third kappa shape index (κ3) is 2.80. The fourth-order valence-corrected chi connectivity index (χ4v) is 1.78. The molecule has 1 atom stereocenters. The van der Waals surface area contributed by atoms with Crippen molar-refractivity contribution in [2.45, 2.75) is 19.3 Å². The summed E-state index contributed by atoms with van der Waals surface area (Å²) in [4.78, 5) is 8.15. The molecule has 2 rings (SSSR count). The predicted octanol–water partition coefficient (Wildman–Crippen LogP) is 2.12. The predicted molar refractivity (Wildman–Crippen MR) is 61.7 cm³/mol. The second-order valence-electron chi connectivity index (χ2n) is 3.91. The van der Waals surface area contributed by atoms with Gasteiger partial charge in [-0.2, -0.15) is 5.26 Å². The first-order valence-corrected chi connectivity index (χ1v) is 5.50. The number of hydrogen-bond acceptors (Lipinski definition) is 4. The second kappa shape index (κ2) is 5.26. The van der Waals surface area contributed by atoms with Crippen LogP contribution < -0.4 is 5.32 Å². The number of nitrogens with zero attached hydrogens (tertiary/aromatic N) is 3. The molecule has 0 aliphatic heterocycles.